The molecule has 4 rings (SSSR count). The molecular formula is C23H29F2N3O5S. The lowest BCUT2D eigenvalue weighted by molar-refractivity contribution is -0.122. The topological polar surface area (TPSA) is 109 Å². The molecule has 0 bridgehead atoms. The summed E-state index contributed by atoms with van der Waals surface area (Å²) < 4.78 is 62.4. The van der Waals surface area contributed by atoms with Crippen molar-refractivity contribution in [1.29, 1.82) is 0 Å². The average Bonchev–Trinajstić information content (AvgIpc) is 3.59. The first kappa shape index (κ1) is 25.8. The van der Waals surface area contributed by atoms with Gasteiger partial charge in [0, 0.05) is 12.1 Å². The quantitative estimate of drug-likeness (QED) is 0.440. The Balaban J connectivity index is 0.00000103. The van der Waals surface area contributed by atoms with Gasteiger partial charge in [-0.05, 0) is 75.9 Å². The molecule has 2 N–H and O–H groups in total. The molecule has 1 aromatic carbocycles. The SMILES string of the molecule is CN(C)[C@H]1CCCC[C@@H]1Oc1cc(F)c(S(=O)(=O)Nc2cccc(F)n2)cc1C1CC1.O=CO. The second-order valence-corrected chi connectivity index (χ2v) is 10.3. The minimum atomic E-state index is -4.28. The zero-order chi connectivity index (χ0) is 24.9. The number of halogens is 2. The molecule has 1 heterocycles. The van der Waals surface area contributed by atoms with E-state index in [1.54, 1.807) is 0 Å². The molecule has 0 unspecified atom stereocenters. The van der Waals surface area contributed by atoms with Crippen molar-refractivity contribution in [3.63, 3.8) is 0 Å². The normalized spacial score (nSPS) is 20.3. The maximum Gasteiger partial charge on any atom is 0.290 e. The van der Waals surface area contributed by atoms with Gasteiger partial charge in [-0.2, -0.15) is 4.39 Å². The summed E-state index contributed by atoms with van der Waals surface area (Å²) in [5.41, 5.74) is 0.706. The Hall–Kier alpha value is -2.79. The van der Waals surface area contributed by atoms with Crippen molar-refractivity contribution in [3.8, 4) is 5.75 Å². The smallest absolute Gasteiger partial charge is 0.290 e. The number of ether oxygens (including phenoxy) is 1. The third-order valence-corrected chi connectivity index (χ3v) is 7.30. The Morgan fingerprint density at radius 2 is 1.82 bits per heavy atom. The van der Waals surface area contributed by atoms with Crippen molar-refractivity contribution >= 4 is 22.3 Å². The van der Waals surface area contributed by atoms with Crippen LogP contribution in [0.1, 0.15) is 50.0 Å². The van der Waals surface area contributed by atoms with Crippen molar-refractivity contribution in [1.82, 2.24) is 9.88 Å². The Bertz CT molecular complexity index is 1110. The van der Waals surface area contributed by atoms with Gasteiger partial charge in [-0.1, -0.05) is 12.5 Å². The number of nitrogens with one attached hydrogen (secondary N) is 1. The number of nitrogens with zero attached hydrogens (tertiary/aromatic N) is 2. The Labute approximate surface area is 198 Å². The third-order valence-electron chi connectivity index (χ3n) is 5.93. The molecule has 2 aromatic rings. The van der Waals surface area contributed by atoms with Gasteiger partial charge in [-0.3, -0.25) is 9.52 Å². The molecule has 0 saturated heterocycles. The lowest BCUT2D eigenvalue weighted by Crippen LogP contribution is -2.44. The van der Waals surface area contributed by atoms with Crippen LogP contribution in [0.5, 0.6) is 5.75 Å². The van der Waals surface area contributed by atoms with E-state index in [9.17, 15) is 17.2 Å². The van der Waals surface area contributed by atoms with Gasteiger partial charge in [-0.15, -0.1) is 0 Å². The molecule has 2 fully saturated rings. The van der Waals surface area contributed by atoms with Crippen LogP contribution >= 0.6 is 0 Å². The highest BCUT2D eigenvalue weighted by molar-refractivity contribution is 7.92. The van der Waals surface area contributed by atoms with Gasteiger partial charge in [-0.25, -0.2) is 17.8 Å². The van der Waals surface area contributed by atoms with E-state index in [0.29, 0.717) is 11.3 Å². The second-order valence-electron chi connectivity index (χ2n) is 8.62. The summed E-state index contributed by atoms with van der Waals surface area (Å²) >= 11 is 0. The van der Waals surface area contributed by atoms with E-state index in [1.165, 1.54) is 24.3 Å². The molecule has 11 heteroatoms. The molecule has 0 amide bonds. The summed E-state index contributed by atoms with van der Waals surface area (Å²) in [5, 5.41) is 6.89. The highest BCUT2D eigenvalue weighted by Crippen LogP contribution is 2.46. The van der Waals surface area contributed by atoms with Crippen molar-refractivity contribution in [2.45, 2.75) is 61.5 Å². The fourth-order valence-electron chi connectivity index (χ4n) is 4.20. The van der Waals surface area contributed by atoms with Gasteiger partial charge in [0.2, 0.25) is 5.95 Å². The highest BCUT2D eigenvalue weighted by Gasteiger charge is 2.34. The zero-order valence-corrected chi connectivity index (χ0v) is 19.9. The molecule has 2 atom stereocenters. The lowest BCUT2D eigenvalue weighted by Gasteiger charge is -2.36. The number of pyridine rings is 1. The molecule has 2 aliphatic rings. The largest absolute Gasteiger partial charge is 0.488 e. The number of carbonyl (C=O) groups is 1. The predicted molar refractivity (Wildman–Crippen MR) is 122 cm³/mol. The molecule has 186 valence electrons. The third kappa shape index (κ3) is 6.41. The summed E-state index contributed by atoms with van der Waals surface area (Å²) in [6.07, 6.45) is 5.80. The Morgan fingerprint density at radius 3 is 2.44 bits per heavy atom. The van der Waals surface area contributed by atoms with Crippen molar-refractivity contribution in [2.24, 2.45) is 0 Å². The van der Waals surface area contributed by atoms with Crippen LogP contribution in [0.2, 0.25) is 0 Å². The van der Waals surface area contributed by atoms with Gasteiger partial charge in [0.25, 0.3) is 16.5 Å². The molecule has 0 aliphatic heterocycles. The van der Waals surface area contributed by atoms with E-state index in [1.807, 2.05) is 14.1 Å². The highest BCUT2D eigenvalue weighted by atomic mass is 32.2. The maximum absolute atomic E-state index is 15.0. The van der Waals surface area contributed by atoms with Crippen LogP contribution in [-0.4, -0.2) is 56.1 Å². The van der Waals surface area contributed by atoms with Crippen LogP contribution in [0.3, 0.4) is 0 Å². The van der Waals surface area contributed by atoms with Crippen molar-refractivity contribution < 1.29 is 31.8 Å². The summed E-state index contributed by atoms with van der Waals surface area (Å²) in [6.45, 7) is -0.250. The fourth-order valence-corrected chi connectivity index (χ4v) is 5.30. The molecule has 2 saturated carbocycles. The summed E-state index contributed by atoms with van der Waals surface area (Å²) in [5.74, 6) is -1.37. The summed E-state index contributed by atoms with van der Waals surface area (Å²) in [4.78, 5) is 13.5. The van der Waals surface area contributed by atoms with Crippen LogP contribution in [-0.2, 0) is 14.8 Å². The van der Waals surface area contributed by atoms with E-state index in [2.05, 4.69) is 14.6 Å². The zero-order valence-electron chi connectivity index (χ0n) is 19.1. The molecule has 34 heavy (non-hydrogen) atoms. The Morgan fingerprint density at radius 1 is 1.15 bits per heavy atom. The van der Waals surface area contributed by atoms with Crippen LogP contribution in [0.4, 0.5) is 14.6 Å². The monoisotopic (exact) mass is 497 g/mol. The van der Waals surface area contributed by atoms with Crippen LogP contribution in [0, 0.1) is 11.8 Å². The number of hydrogen-bond acceptors (Lipinski definition) is 6. The van der Waals surface area contributed by atoms with E-state index < -0.39 is 26.7 Å². The number of aromatic nitrogens is 1. The number of likely N-dealkylation sites (N-methyl/N-ethyl adjacent to an activating group) is 1. The molecule has 0 spiro atoms. The van der Waals surface area contributed by atoms with Gasteiger partial charge in [0.1, 0.15) is 28.4 Å². The number of sulfonamides is 1. The summed E-state index contributed by atoms with van der Waals surface area (Å²) in [6, 6.07) is 6.51. The standard InChI is InChI=1S/C22H27F2N3O3S.CH2O2/c1-27(2)17-6-3-4-7-18(17)30-19-13-16(23)20(12-15(19)14-10-11-14)31(28,29)26-22-9-5-8-21(24)25-22;2-1-3/h5,8-9,12-14,17-18H,3-4,6-7,10-11H2,1-2H3,(H,25,26);1H,(H,2,3)/t17-,18-;/m0./s1. The van der Waals surface area contributed by atoms with Gasteiger partial charge < -0.3 is 14.7 Å². The van der Waals surface area contributed by atoms with E-state index in [0.717, 1.165) is 44.6 Å². The maximum atomic E-state index is 15.0. The van der Waals surface area contributed by atoms with Crippen molar-refractivity contribution in [2.75, 3.05) is 18.8 Å². The number of hydrogen-bond donors (Lipinski definition) is 2. The van der Waals surface area contributed by atoms with Gasteiger partial charge in [0.15, 0.2) is 0 Å². The Kier molecular flexibility index (Phi) is 8.42. The first-order valence-electron chi connectivity index (χ1n) is 11.1. The average molecular weight is 498 g/mol. The van der Waals surface area contributed by atoms with Crippen LogP contribution in [0.15, 0.2) is 35.2 Å². The number of anilines is 1. The van der Waals surface area contributed by atoms with Crippen LogP contribution in [0.25, 0.3) is 0 Å². The number of carboxylic acid groups (broad SMARTS) is 1. The van der Waals surface area contributed by atoms with Crippen molar-refractivity contribution in [3.05, 3.63) is 47.7 Å². The van der Waals surface area contributed by atoms with Gasteiger partial charge >= 0.3 is 0 Å². The molecule has 2 aliphatic carbocycles. The lowest BCUT2D eigenvalue weighted by atomic mass is 9.91. The number of rotatable bonds is 7. The van der Waals surface area contributed by atoms with Crippen LogP contribution < -0.4 is 9.46 Å². The predicted octanol–water partition coefficient (Wildman–Crippen LogP) is 3.99. The van der Waals surface area contributed by atoms with E-state index in [4.69, 9.17) is 14.6 Å². The first-order valence-corrected chi connectivity index (χ1v) is 12.5. The molecular weight excluding hydrogens is 468 g/mol. The summed E-state index contributed by atoms with van der Waals surface area (Å²) in [7, 11) is -0.260. The first-order chi connectivity index (χ1) is 16.2. The minimum Gasteiger partial charge on any atom is -0.488 e. The molecule has 0 radical (unpaired) electrons. The minimum absolute atomic E-state index is 0.0715. The fraction of sp³-hybridized carbons (Fsp3) is 0.478. The van der Waals surface area contributed by atoms with Gasteiger partial charge in [0.05, 0.1) is 0 Å². The molecule has 8 nitrogen and oxygen atoms in total. The number of benzene rings is 1. The van der Waals surface area contributed by atoms with E-state index >= 15 is 0 Å². The molecule has 1 aromatic heterocycles. The second kappa shape index (κ2) is 11.1. The van der Waals surface area contributed by atoms with E-state index in [-0.39, 0.29) is 30.4 Å².